The molecule has 0 aromatic heterocycles. The predicted octanol–water partition coefficient (Wildman–Crippen LogP) is 2.03. The second-order valence-electron chi connectivity index (χ2n) is 4.72. The lowest BCUT2D eigenvalue weighted by atomic mass is 10.1. The zero-order chi connectivity index (χ0) is 9.47. The molecule has 74 valence electrons. The minimum Gasteiger partial charge on any atom is -0.342 e. The highest BCUT2D eigenvalue weighted by Gasteiger charge is 2.44. The van der Waals surface area contributed by atoms with Crippen LogP contribution >= 0.6 is 15.9 Å². The first kappa shape index (κ1) is 9.50. The normalized spacial score (nSPS) is 31.1. The summed E-state index contributed by atoms with van der Waals surface area (Å²) in [4.78, 5) is 13.6. The van der Waals surface area contributed by atoms with Gasteiger partial charge in [-0.15, -0.1) is 0 Å². The van der Waals surface area contributed by atoms with Gasteiger partial charge in [-0.25, -0.2) is 0 Å². The molecule has 2 fully saturated rings. The first-order chi connectivity index (χ1) is 6.15. The van der Waals surface area contributed by atoms with Crippen molar-refractivity contribution in [3.8, 4) is 0 Å². The molecular formula is C10H16BrNO. The van der Waals surface area contributed by atoms with Crippen molar-refractivity contribution >= 4 is 21.8 Å². The molecule has 0 aromatic rings. The van der Waals surface area contributed by atoms with Crippen LogP contribution in [0.15, 0.2) is 0 Å². The van der Waals surface area contributed by atoms with Gasteiger partial charge in [-0.05, 0) is 24.2 Å². The van der Waals surface area contributed by atoms with Crippen LogP contribution in [0.2, 0.25) is 0 Å². The fourth-order valence-corrected chi connectivity index (χ4v) is 2.78. The lowest BCUT2D eigenvalue weighted by Gasteiger charge is -2.21. The monoisotopic (exact) mass is 245 g/mol. The molecule has 3 heteroatoms. The molecule has 1 amide bonds. The summed E-state index contributed by atoms with van der Waals surface area (Å²) in [6, 6.07) is 0. The predicted molar refractivity (Wildman–Crippen MR) is 55.8 cm³/mol. The molecule has 1 unspecified atom stereocenters. The Morgan fingerprint density at radius 3 is 2.69 bits per heavy atom. The third-order valence-electron chi connectivity index (χ3n) is 3.17. The van der Waals surface area contributed by atoms with Gasteiger partial charge in [0.25, 0.3) is 0 Å². The summed E-state index contributed by atoms with van der Waals surface area (Å²) in [6.07, 6.45) is 3.34. The van der Waals surface area contributed by atoms with Gasteiger partial charge in [0.15, 0.2) is 0 Å². The van der Waals surface area contributed by atoms with Gasteiger partial charge in [0.2, 0.25) is 5.91 Å². The fraction of sp³-hybridized carbons (Fsp3) is 0.900. The highest BCUT2D eigenvalue weighted by atomic mass is 79.9. The van der Waals surface area contributed by atoms with Gasteiger partial charge in [0.1, 0.15) is 0 Å². The summed E-state index contributed by atoms with van der Waals surface area (Å²) < 4.78 is 0. The summed E-state index contributed by atoms with van der Waals surface area (Å²) in [5.41, 5.74) is 0.444. The largest absolute Gasteiger partial charge is 0.342 e. The molecule has 2 aliphatic rings. The maximum atomic E-state index is 11.5. The van der Waals surface area contributed by atoms with E-state index in [1.54, 1.807) is 0 Å². The highest BCUT2D eigenvalue weighted by molar-refractivity contribution is 9.09. The van der Waals surface area contributed by atoms with Crippen LogP contribution in [-0.4, -0.2) is 29.2 Å². The molecule has 0 aromatic carbocycles. The Morgan fingerprint density at radius 1 is 1.62 bits per heavy atom. The van der Waals surface area contributed by atoms with E-state index in [0.717, 1.165) is 24.8 Å². The van der Waals surface area contributed by atoms with E-state index in [1.165, 1.54) is 12.8 Å². The maximum absolute atomic E-state index is 11.5. The van der Waals surface area contributed by atoms with Gasteiger partial charge < -0.3 is 4.90 Å². The quantitative estimate of drug-likeness (QED) is 0.698. The summed E-state index contributed by atoms with van der Waals surface area (Å²) >= 11 is 3.54. The van der Waals surface area contributed by atoms with E-state index < -0.39 is 0 Å². The third kappa shape index (κ3) is 1.90. The topological polar surface area (TPSA) is 20.3 Å². The van der Waals surface area contributed by atoms with Crippen molar-refractivity contribution in [3.63, 3.8) is 0 Å². The zero-order valence-corrected chi connectivity index (χ0v) is 9.64. The number of halogens is 1. The number of rotatable bonds is 3. The minimum atomic E-state index is 0.361. The number of likely N-dealkylation sites (tertiary alicyclic amines) is 1. The van der Waals surface area contributed by atoms with E-state index in [-0.39, 0.29) is 0 Å². The standard InChI is InChI=1S/C10H16BrNO/c1-8-4-9(13)12(5-8)7-10(6-11)2-3-10/h8H,2-7H2,1H3. The maximum Gasteiger partial charge on any atom is 0.222 e. The lowest BCUT2D eigenvalue weighted by molar-refractivity contribution is -0.128. The van der Waals surface area contributed by atoms with E-state index in [4.69, 9.17) is 0 Å². The molecule has 0 radical (unpaired) electrons. The number of carbonyl (C=O) groups is 1. The SMILES string of the molecule is CC1CC(=O)N(CC2(CBr)CC2)C1. The molecule has 2 nitrogen and oxygen atoms in total. The van der Waals surface area contributed by atoms with Crippen LogP contribution in [0.25, 0.3) is 0 Å². The zero-order valence-electron chi connectivity index (χ0n) is 8.05. The average Bonchev–Trinajstić information content (AvgIpc) is 2.77. The molecule has 2 rings (SSSR count). The van der Waals surface area contributed by atoms with Crippen LogP contribution in [0.1, 0.15) is 26.2 Å². The summed E-state index contributed by atoms with van der Waals surface area (Å²) in [5.74, 6) is 0.929. The van der Waals surface area contributed by atoms with Crippen molar-refractivity contribution in [2.24, 2.45) is 11.3 Å². The Balaban J connectivity index is 1.91. The van der Waals surface area contributed by atoms with E-state index in [2.05, 4.69) is 27.8 Å². The molecule has 0 spiro atoms. The van der Waals surface area contributed by atoms with Gasteiger partial charge in [-0.2, -0.15) is 0 Å². The molecule has 0 N–H and O–H groups in total. The number of hydrogen-bond donors (Lipinski definition) is 0. The van der Waals surface area contributed by atoms with Crippen molar-refractivity contribution in [3.05, 3.63) is 0 Å². The molecule has 1 saturated heterocycles. The van der Waals surface area contributed by atoms with Crippen molar-refractivity contribution in [1.82, 2.24) is 4.90 Å². The Labute approximate surface area is 87.8 Å². The van der Waals surface area contributed by atoms with Gasteiger partial charge in [0, 0.05) is 24.8 Å². The number of hydrogen-bond acceptors (Lipinski definition) is 1. The van der Waals surface area contributed by atoms with Crippen LogP contribution in [0.5, 0.6) is 0 Å². The van der Waals surface area contributed by atoms with Gasteiger partial charge in [-0.3, -0.25) is 4.79 Å². The first-order valence-corrected chi connectivity index (χ1v) is 6.11. The Morgan fingerprint density at radius 2 is 2.31 bits per heavy atom. The third-order valence-corrected chi connectivity index (χ3v) is 4.36. The second-order valence-corrected chi connectivity index (χ2v) is 5.28. The second kappa shape index (κ2) is 3.26. The number of nitrogens with zero attached hydrogens (tertiary/aromatic N) is 1. The summed E-state index contributed by atoms with van der Waals surface area (Å²) in [5, 5.41) is 1.05. The van der Waals surface area contributed by atoms with E-state index in [1.807, 2.05) is 0 Å². The Hall–Kier alpha value is -0.0500. The smallest absolute Gasteiger partial charge is 0.222 e. The van der Waals surface area contributed by atoms with Crippen LogP contribution < -0.4 is 0 Å². The minimum absolute atomic E-state index is 0.361. The van der Waals surface area contributed by atoms with Crippen molar-refractivity contribution in [2.75, 3.05) is 18.4 Å². The van der Waals surface area contributed by atoms with Gasteiger partial charge in [-0.1, -0.05) is 22.9 Å². The van der Waals surface area contributed by atoms with Crippen molar-refractivity contribution in [2.45, 2.75) is 26.2 Å². The van der Waals surface area contributed by atoms with Crippen molar-refractivity contribution in [1.29, 1.82) is 0 Å². The number of carbonyl (C=O) groups excluding carboxylic acids is 1. The molecule has 1 aliphatic carbocycles. The van der Waals surface area contributed by atoms with Crippen LogP contribution in [-0.2, 0) is 4.79 Å². The Bertz CT molecular complexity index is 225. The van der Waals surface area contributed by atoms with Crippen molar-refractivity contribution < 1.29 is 4.79 Å². The van der Waals surface area contributed by atoms with Crippen LogP contribution in [0.4, 0.5) is 0 Å². The molecule has 1 aliphatic heterocycles. The lowest BCUT2D eigenvalue weighted by Crippen LogP contribution is -2.32. The number of amides is 1. The fourth-order valence-electron chi connectivity index (χ4n) is 2.04. The van der Waals surface area contributed by atoms with Crippen LogP contribution in [0, 0.1) is 11.3 Å². The molecule has 1 atom stereocenters. The molecule has 0 bridgehead atoms. The molecule has 1 saturated carbocycles. The molecule has 13 heavy (non-hydrogen) atoms. The molecule has 1 heterocycles. The summed E-state index contributed by atoms with van der Waals surface area (Å²) in [6.45, 7) is 4.13. The van der Waals surface area contributed by atoms with E-state index in [9.17, 15) is 4.79 Å². The van der Waals surface area contributed by atoms with Gasteiger partial charge >= 0.3 is 0 Å². The van der Waals surface area contributed by atoms with E-state index >= 15 is 0 Å². The first-order valence-electron chi connectivity index (χ1n) is 4.99. The van der Waals surface area contributed by atoms with Gasteiger partial charge in [0.05, 0.1) is 0 Å². The Kier molecular flexibility index (Phi) is 2.39. The van der Waals surface area contributed by atoms with E-state index in [0.29, 0.717) is 17.2 Å². The van der Waals surface area contributed by atoms with Crippen LogP contribution in [0.3, 0.4) is 0 Å². The molecular weight excluding hydrogens is 230 g/mol. The highest BCUT2D eigenvalue weighted by Crippen LogP contribution is 2.48. The average molecular weight is 246 g/mol. The summed E-state index contributed by atoms with van der Waals surface area (Å²) in [7, 11) is 0. The number of alkyl halides is 1.